The molecule has 0 spiro atoms. The van der Waals surface area contributed by atoms with E-state index in [-0.39, 0.29) is 0 Å². The van der Waals surface area contributed by atoms with Crippen molar-refractivity contribution in [3.05, 3.63) is 164 Å². The normalized spacial score (nSPS) is 11.8. The van der Waals surface area contributed by atoms with Gasteiger partial charge in [0.15, 0.2) is 0 Å². The highest BCUT2D eigenvalue weighted by Crippen LogP contribution is 2.41. The number of nitrogens with zero attached hydrogens (tertiary/aromatic N) is 3. The fourth-order valence-electron chi connectivity index (χ4n) is 7.11. The van der Waals surface area contributed by atoms with Crippen LogP contribution >= 0.6 is 11.3 Å². The van der Waals surface area contributed by atoms with E-state index in [9.17, 15) is 0 Å². The molecule has 0 aliphatic rings. The van der Waals surface area contributed by atoms with E-state index in [1.165, 1.54) is 36.3 Å². The predicted octanol–water partition coefficient (Wildman–Crippen LogP) is 12.1. The van der Waals surface area contributed by atoms with E-state index in [4.69, 9.17) is 9.97 Å². The first-order valence-electron chi connectivity index (χ1n) is 16.2. The second kappa shape index (κ2) is 10.7. The Kier molecular flexibility index (Phi) is 6.05. The number of benzene rings is 7. The van der Waals surface area contributed by atoms with Crippen LogP contribution in [0, 0.1) is 0 Å². The Morgan fingerprint density at radius 1 is 0.396 bits per heavy atom. The summed E-state index contributed by atoms with van der Waals surface area (Å²) in [6.07, 6.45) is 0. The summed E-state index contributed by atoms with van der Waals surface area (Å²) in [7, 11) is 0. The lowest BCUT2D eigenvalue weighted by Gasteiger charge is -2.12. The first kappa shape index (κ1) is 27.1. The molecule has 4 heteroatoms. The molecule has 10 rings (SSSR count). The largest absolute Gasteiger partial charge is 0.292 e. The summed E-state index contributed by atoms with van der Waals surface area (Å²) in [6.45, 7) is 0. The van der Waals surface area contributed by atoms with Crippen molar-refractivity contribution in [1.29, 1.82) is 0 Å². The molecule has 224 valence electrons. The molecule has 0 aliphatic heterocycles. The quantitative estimate of drug-likeness (QED) is 0.181. The van der Waals surface area contributed by atoms with Gasteiger partial charge in [-0.3, -0.25) is 4.57 Å². The number of thiophene rings is 1. The van der Waals surface area contributed by atoms with E-state index in [0.29, 0.717) is 0 Å². The molecule has 0 N–H and O–H groups in total. The summed E-state index contributed by atoms with van der Waals surface area (Å²) >= 11 is 1.85. The molecule has 0 atom stereocenters. The number of hydrogen-bond acceptors (Lipinski definition) is 3. The number of fused-ring (bicyclic) bond motifs is 7. The second-order valence-corrected chi connectivity index (χ2v) is 13.3. The first-order chi connectivity index (χ1) is 23.8. The van der Waals surface area contributed by atoms with Gasteiger partial charge >= 0.3 is 0 Å². The molecule has 7 aromatic carbocycles. The van der Waals surface area contributed by atoms with Crippen LogP contribution in [0.15, 0.2) is 164 Å². The summed E-state index contributed by atoms with van der Waals surface area (Å²) in [5, 5.41) is 6.22. The Morgan fingerprint density at radius 3 is 1.98 bits per heavy atom. The van der Waals surface area contributed by atoms with Crippen molar-refractivity contribution < 1.29 is 0 Å². The molecule has 0 saturated carbocycles. The van der Waals surface area contributed by atoms with Crippen LogP contribution in [0.3, 0.4) is 0 Å². The van der Waals surface area contributed by atoms with E-state index in [2.05, 4.69) is 156 Å². The molecule has 3 aromatic heterocycles. The maximum Gasteiger partial charge on any atom is 0.145 e. The maximum atomic E-state index is 5.28. The molecule has 10 aromatic rings. The van der Waals surface area contributed by atoms with Crippen LogP contribution in [-0.2, 0) is 0 Å². The number of imidazole rings is 1. The number of rotatable bonds is 4. The van der Waals surface area contributed by atoms with Crippen LogP contribution in [0.1, 0.15) is 0 Å². The van der Waals surface area contributed by atoms with Gasteiger partial charge in [-0.05, 0) is 71.1 Å². The Hall–Kier alpha value is -6.10. The minimum atomic E-state index is 0.932. The molecular formula is C44H27N3S. The minimum Gasteiger partial charge on any atom is -0.292 e. The van der Waals surface area contributed by atoms with Crippen LogP contribution in [0.5, 0.6) is 0 Å². The number of para-hydroxylation sites is 4. The summed E-state index contributed by atoms with van der Waals surface area (Å²) < 4.78 is 4.84. The van der Waals surface area contributed by atoms with Gasteiger partial charge in [0, 0.05) is 47.8 Å². The molecule has 0 radical (unpaired) electrons. The zero-order valence-electron chi connectivity index (χ0n) is 25.8. The fourth-order valence-corrected chi connectivity index (χ4v) is 8.23. The highest BCUT2D eigenvalue weighted by molar-refractivity contribution is 7.25. The molecule has 0 unspecified atom stereocenters. The Bertz CT molecular complexity index is 2830. The Labute approximate surface area is 281 Å². The van der Waals surface area contributed by atoms with Gasteiger partial charge in [-0.1, -0.05) is 109 Å². The smallest absolute Gasteiger partial charge is 0.145 e. The average Bonchev–Trinajstić information content (AvgIpc) is 3.73. The van der Waals surface area contributed by atoms with E-state index in [0.717, 1.165) is 56.0 Å². The van der Waals surface area contributed by atoms with Gasteiger partial charge in [0.2, 0.25) is 0 Å². The number of aromatic nitrogens is 3. The lowest BCUT2D eigenvalue weighted by molar-refractivity contribution is 1.10. The van der Waals surface area contributed by atoms with Crippen LogP contribution in [0.25, 0.3) is 92.3 Å². The molecule has 3 nitrogen and oxygen atoms in total. The molecule has 0 amide bonds. The van der Waals surface area contributed by atoms with Crippen LogP contribution < -0.4 is 0 Å². The van der Waals surface area contributed by atoms with Gasteiger partial charge in [-0.25, -0.2) is 9.97 Å². The van der Waals surface area contributed by atoms with Crippen molar-refractivity contribution in [2.45, 2.75) is 0 Å². The van der Waals surface area contributed by atoms with Crippen LogP contribution in [0.2, 0.25) is 0 Å². The predicted molar refractivity (Wildman–Crippen MR) is 203 cm³/mol. The third-order valence-electron chi connectivity index (χ3n) is 9.39. The van der Waals surface area contributed by atoms with E-state index in [1.54, 1.807) is 0 Å². The molecule has 0 saturated heterocycles. The molecule has 0 bridgehead atoms. The van der Waals surface area contributed by atoms with Gasteiger partial charge in [0.1, 0.15) is 5.82 Å². The van der Waals surface area contributed by atoms with Crippen molar-refractivity contribution in [3.8, 4) is 39.5 Å². The average molecular weight is 630 g/mol. The van der Waals surface area contributed by atoms with Crippen molar-refractivity contribution >= 4 is 64.2 Å². The van der Waals surface area contributed by atoms with Gasteiger partial charge in [0.05, 0.1) is 22.2 Å². The third-order valence-corrected chi connectivity index (χ3v) is 10.5. The second-order valence-electron chi connectivity index (χ2n) is 12.2. The minimum absolute atomic E-state index is 0.932. The summed E-state index contributed by atoms with van der Waals surface area (Å²) in [5.41, 5.74) is 9.69. The van der Waals surface area contributed by atoms with E-state index >= 15 is 0 Å². The van der Waals surface area contributed by atoms with Crippen molar-refractivity contribution in [1.82, 2.24) is 14.5 Å². The Morgan fingerprint density at radius 2 is 1.10 bits per heavy atom. The monoisotopic (exact) mass is 629 g/mol. The number of pyridine rings is 1. The van der Waals surface area contributed by atoms with Crippen LogP contribution in [0.4, 0.5) is 0 Å². The van der Waals surface area contributed by atoms with E-state index in [1.807, 2.05) is 23.5 Å². The number of hydrogen-bond donors (Lipinski definition) is 0. The van der Waals surface area contributed by atoms with Crippen molar-refractivity contribution in [2.24, 2.45) is 0 Å². The van der Waals surface area contributed by atoms with E-state index < -0.39 is 0 Å². The molecule has 48 heavy (non-hydrogen) atoms. The SMILES string of the molecule is c1ccc(-n2c(-c3ccc(-c4cccc(-c5nc6ccccc6c6cc7c(cc56)sc5ccccc57)c4)cc3)nc3ccccc32)cc1. The molecule has 3 heterocycles. The van der Waals surface area contributed by atoms with Crippen molar-refractivity contribution in [2.75, 3.05) is 0 Å². The summed E-state index contributed by atoms with van der Waals surface area (Å²) in [5.74, 6) is 0.932. The highest BCUT2D eigenvalue weighted by Gasteiger charge is 2.16. The van der Waals surface area contributed by atoms with Gasteiger partial charge in [-0.15, -0.1) is 11.3 Å². The van der Waals surface area contributed by atoms with Gasteiger partial charge < -0.3 is 0 Å². The molecular weight excluding hydrogens is 603 g/mol. The lowest BCUT2D eigenvalue weighted by atomic mass is 9.96. The first-order valence-corrected chi connectivity index (χ1v) is 17.0. The fraction of sp³-hybridized carbons (Fsp3) is 0. The van der Waals surface area contributed by atoms with Gasteiger partial charge in [-0.2, -0.15) is 0 Å². The summed E-state index contributed by atoms with van der Waals surface area (Å²) in [4.78, 5) is 10.3. The standard InChI is InChI=1S/C44H27N3S/c1-2-13-32(14-3-1)47-40-19-8-7-18-39(40)46-44(47)29-23-21-28(22-24-29)30-11-10-12-31(25-30)43-37-27-42-36(34-16-5-9-20-41(34)48-42)26-35(37)33-15-4-6-17-38(33)45-43/h1-27H. The molecule has 0 fully saturated rings. The van der Waals surface area contributed by atoms with Gasteiger partial charge in [0.25, 0.3) is 0 Å². The Balaban J connectivity index is 1.10. The summed E-state index contributed by atoms with van der Waals surface area (Å²) in [6, 6.07) is 58.3. The third kappa shape index (κ3) is 4.27. The lowest BCUT2D eigenvalue weighted by Crippen LogP contribution is -1.97. The highest BCUT2D eigenvalue weighted by atomic mass is 32.1. The molecule has 0 aliphatic carbocycles. The maximum absolute atomic E-state index is 5.28. The van der Waals surface area contributed by atoms with Crippen LogP contribution in [-0.4, -0.2) is 14.5 Å². The zero-order chi connectivity index (χ0) is 31.6. The van der Waals surface area contributed by atoms with Crippen molar-refractivity contribution in [3.63, 3.8) is 0 Å². The topological polar surface area (TPSA) is 30.7 Å². The zero-order valence-corrected chi connectivity index (χ0v) is 26.7.